The topological polar surface area (TPSA) is 62.2 Å². The number of aryl methyl sites for hydroxylation is 1. The molecule has 0 atom stereocenters. The van der Waals surface area contributed by atoms with Crippen LogP contribution in [0.15, 0.2) is 72.8 Å². The quantitative estimate of drug-likeness (QED) is 0.583. The number of hydrogen-bond acceptors (Lipinski definition) is 5. The average Bonchev–Trinajstić information content (AvgIpc) is 2.73. The molecule has 0 aromatic heterocycles. The fourth-order valence-electron chi connectivity index (χ4n) is 2.87. The van der Waals surface area contributed by atoms with E-state index in [1.165, 1.54) is 5.56 Å². The molecule has 2 N–H and O–H groups in total. The van der Waals surface area contributed by atoms with Gasteiger partial charge in [-0.3, -0.25) is 0 Å². The first-order valence-electron chi connectivity index (χ1n) is 9.25. The summed E-state index contributed by atoms with van der Waals surface area (Å²) in [5.74, 6) is 1.41. The highest BCUT2D eigenvalue weighted by molar-refractivity contribution is 5.77. The van der Waals surface area contributed by atoms with E-state index >= 15 is 0 Å². The number of benzene rings is 3. The van der Waals surface area contributed by atoms with Crippen molar-refractivity contribution in [2.45, 2.75) is 6.92 Å². The van der Waals surface area contributed by atoms with Crippen molar-refractivity contribution in [1.29, 1.82) is 0 Å². The number of aliphatic hydroxyl groups is 2. The minimum atomic E-state index is -0.0266. The van der Waals surface area contributed by atoms with Crippen molar-refractivity contribution in [3.63, 3.8) is 0 Å². The first-order valence-corrected chi connectivity index (χ1v) is 9.25. The Balaban J connectivity index is 1.97. The van der Waals surface area contributed by atoms with Gasteiger partial charge in [0.2, 0.25) is 0 Å². The molecule has 0 radical (unpaired) electrons. The lowest BCUT2D eigenvalue weighted by atomic mass is 10.1. The Hall–Kier alpha value is -3.02. The van der Waals surface area contributed by atoms with Crippen LogP contribution in [0.5, 0.6) is 11.5 Å². The SMILES string of the molecule is Cc1ccc(N(c2ccc(OCCO)cc2)c2cccc(OCCO)c2)cc1. The number of anilines is 3. The Morgan fingerprint density at radius 2 is 1.25 bits per heavy atom. The number of aliphatic hydroxyl groups excluding tert-OH is 2. The largest absolute Gasteiger partial charge is 0.491 e. The highest BCUT2D eigenvalue weighted by Gasteiger charge is 2.13. The third-order valence-corrected chi connectivity index (χ3v) is 4.18. The first-order chi connectivity index (χ1) is 13.7. The molecule has 0 spiro atoms. The van der Waals surface area contributed by atoms with Crippen molar-refractivity contribution < 1.29 is 19.7 Å². The van der Waals surface area contributed by atoms with Crippen LogP contribution >= 0.6 is 0 Å². The Morgan fingerprint density at radius 3 is 1.86 bits per heavy atom. The van der Waals surface area contributed by atoms with E-state index < -0.39 is 0 Å². The molecule has 3 aromatic carbocycles. The van der Waals surface area contributed by atoms with Crippen LogP contribution in [0.3, 0.4) is 0 Å². The highest BCUT2D eigenvalue weighted by Crippen LogP contribution is 2.36. The van der Waals surface area contributed by atoms with Gasteiger partial charge in [-0.1, -0.05) is 23.8 Å². The molecular weight excluding hydrogens is 354 g/mol. The lowest BCUT2D eigenvalue weighted by molar-refractivity contribution is 0.201. The second-order valence-electron chi connectivity index (χ2n) is 6.31. The minimum absolute atomic E-state index is 0.0160. The molecule has 5 nitrogen and oxygen atoms in total. The molecule has 0 aliphatic rings. The summed E-state index contributed by atoms with van der Waals surface area (Å²) in [6.07, 6.45) is 0. The maximum Gasteiger partial charge on any atom is 0.121 e. The number of rotatable bonds is 9. The monoisotopic (exact) mass is 379 g/mol. The summed E-state index contributed by atoms with van der Waals surface area (Å²) >= 11 is 0. The standard InChI is InChI=1S/C23H25NO4/c1-18-5-7-19(8-6-18)24(20-9-11-22(12-10-20)27-15-13-25)21-3-2-4-23(17-21)28-16-14-26/h2-12,17,25-26H,13-16H2,1H3. The highest BCUT2D eigenvalue weighted by atomic mass is 16.5. The van der Waals surface area contributed by atoms with Crippen LogP contribution in [0.1, 0.15) is 5.56 Å². The van der Waals surface area contributed by atoms with Crippen LogP contribution in [-0.4, -0.2) is 36.6 Å². The van der Waals surface area contributed by atoms with Gasteiger partial charge in [-0.25, -0.2) is 0 Å². The van der Waals surface area contributed by atoms with Gasteiger partial charge in [0.1, 0.15) is 24.7 Å². The zero-order valence-corrected chi connectivity index (χ0v) is 15.9. The van der Waals surface area contributed by atoms with Gasteiger partial charge in [0.05, 0.1) is 13.2 Å². The molecule has 0 saturated carbocycles. The van der Waals surface area contributed by atoms with Crippen molar-refractivity contribution in [2.24, 2.45) is 0 Å². The van der Waals surface area contributed by atoms with Crippen LogP contribution in [0, 0.1) is 6.92 Å². The van der Waals surface area contributed by atoms with E-state index in [2.05, 4.69) is 36.1 Å². The second-order valence-corrected chi connectivity index (χ2v) is 6.31. The predicted molar refractivity (Wildman–Crippen MR) is 111 cm³/mol. The molecule has 146 valence electrons. The van der Waals surface area contributed by atoms with Gasteiger partial charge in [0, 0.05) is 23.1 Å². The number of ether oxygens (including phenoxy) is 2. The maximum atomic E-state index is 9.01. The van der Waals surface area contributed by atoms with E-state index in [0.717, 1.165) is 17.1 Å². The van der Waals surface area contributed by atoms with Crippen LogP contribution in [0.2, 0.25) is 0 Å². The maximum absolute atomic E-state index is 9.01. The van der Waals surface area contributed by atoms with Gasteiger partial charge >= 0.3 is 0 Å². The van der Waals surface area contributed by atoms with Crippen molar-refractivity contribution in [1.82, 2.24) is 0 Å². The molecular formula is C23H25NO4. The molecule has 3 aromatic rings. The lowest BCUT2D eigenvalue weighted by Crippen LogP contribution is -2.10. The Labute approximate surface area is 165 Å². The average molecular weight is 379 g/mol. The van der Waals surface area contributed by atoms with Gasteiger partial charge in [-0.15, -0.1) is 0 Å². The molecule has 0 aliphatic carbocycles. The van der Waals surface area contributed by atoms with Gasteiger partial charge in [-0.05, 0) is 55.5 Å². The van der Waals surface area contributed by atoms with E-state index in [0.29, 0.717) is 11.5 Å². The summed E-state index contributed by atoms with van der Waals surface area (Å²) in [4.78, 5) is 2.13. The smallest absolute Gasteiger partial charge is 0.121 e. The van der Waals surface area contributed by atoms with E-state index in [4.69, 9.17) is 19.7 Å². The second kappa shape index (κ2) is 9.78. The van der Waals surface area contributed by atoms with E-state index in [1.54, 1.807) is 0 Å². The van der Waals surface area contributed by atoms with Crippen molar-refractivity contribution in [3.05, 3.63) is 78.4 Å². The fraction of sp³-hybridized carbons (Fsp3) is 0.217. The summed E-state index contributed by atoms with van der Waals surface area (Å²) in [6.45, 7) is 2.54. The Kier molecular flexibility index (Phi) is 6.89. The van der Waals surface area contributed by atoms with E-state index in [1.807, 2.05) is 48.5 Å². The van der Waals surface area contributed by atoms with Crippen LogP contribution < -0.4 is 14.4 Å². The van der Waals surface area contributed by atoms with E-state index in [9.17, 15) is 0 Å². The molecule has 3 rings (SSSR count). The fourth-order valence-corrected chi connectivity index (χ4v) is 2.87. The van der Waals surface area contributed by atoms with Crippen molar-refractivity contribution in [3.8, 4) is 11.5 Å². The summed E-state index contributed by atoms with van der Waals surface area (Å²) in [5, 5.41) is 17.9. The molecule has 0 unspecified atom stereocenters. The zero-order valence-electron chi connectivity index (χ0n) is 15.9. The van der Waals surface area contributed by atoms with Crippen LogP contribution in [0.4, 0.5) is 17.1 Å². The molecule has 28 heavy (non-hydrogen) atoms. The summed E-state index contributed by atoms with van der Waals surface area (Å²) in [7, 11) is 0. The normalized spacial score (nSPS) is 10.5. The van der Waals surface area contributed by atoms with Gasteiger partial charge < -0.3 is 24.6 Å². The molecule has 0 bridgehead atoms. The van der Waals surface area contributed by atoms with Gasteiger partial charge in [-0.2, -0.15) is 0 Å². The zero-order chi connectivity index (χ0) is 19.8. The van der Waals surface area contributed by atoms with Crippen molar-refractivity contribution >= 4 is 17.1 Å². The number of nitrogens with zero attached hydrogens (tertiary/aromatic N) is 1. The molecule has 0 fully saturated rings. The molecule has 5 heteroatoms. The third kappa shape index (κ3) is 5.03. The number of hydrogen-bond donors (Lipinski definition) is 2. The van der Waals surface area contributed by atoms with Crippen LogP contribution in [0.25, 0.3) is 0 Å². The lowest BCUT2D eigenvalue weighted by Gasteiger charge is -2.26. The van der Waals surface area contributed by atoms with E-state index in [-0.39, 0.29) is 26.4 Å². The molecule has 0 aliphatic heterocycles. The predicted octanol–water partition coefficient (Wildman–Crippen LogP) is 4.21. The van der Waals surface area contributed by atoms with Gasteiger partial charge in [0.15, 0.2) is 0 Å². The summed E-state index contributed by atoms with van der Waals surface area (Å²) in [5.41, 5.74) is 4.13. The Bertz CT molecular complexity index is 863. The summed E-state index contributed by atoms with van der Waals surface area (Å²) < 4.78 is 11.0. The summed E-state index contributed by atoms with van der Waals surface area (Å²) in [6, 6.07) is 23.8. The first kappa shape index (κ1) is 19.7. The molecule has 0 amide bonds. The minimum Gasteiger partial charge on any atom is -0.491 e. The molecule has 0 saturated heterocycles. The van der Waals surface area contributed by atoms with Gasteiger partial charge in [0.25, 0.3) is 0 Å². The van der Waals surface area contributed by atoms with Crippen molar-refractivity contribution in [2.75, 3.05) is 31.3 Å². The third-order valence-electron chi connectivity index (χ3n) is 4.18. The Morgan fingerprint density at radius 1 is 0.679 bits per heavy atom. The molecule has 0 heterocycles. The van der Waals surface area contributed by atoms with Crippen LogP contribution in [-0.2, 0) is 0 Å².